The normalized spacial score (nSPS) is 26.6. The van der Waals surface area contributed by atoms with Gasteiger partial charge in [-0.25, -0.2) is 0 Å². The summed E-state index contributed by atoms with van der Waals surface area (Å²) in [7, 11) is 0. The molecule has 2 rings (SSSR count). The van der Waals surface area contributed by atoms with Gasteiger partial charge in [0.1, 0.15) is 0 Å². The molecule has 0 aromatic rings. The summed E-state index contributed by atoms with van der Waals surface area (Å²) in [4.78, 5) is 36.6. The Morgan fingerprint density at radius 3 is 2.53 bits per heavy atom. The number of carbonyl (C=O) groups excluding carboxylic acids is 3. The van der Waals surface area contributed by atoms with E-state index in [1.165, 1.54) is 17.1 Å². The number of esters is 1. The smallest absolute Gasteiger partial charge is 0.311 e. The van der Waals surface area contributed by atoms with Crippen molar-refractivity contribution in [3.8, 4) is 0 Å². The Morgan fingerprint density at radius 2 is 1.95 bits per heavy atom. The fourth-order valence-corrected chi connectivity index (χ4v) is 2.62. The molecule has 0 N–H and O–H groups in total. The first-order valence-corrected chi connectivity index (χ1v) is 6.72. The third-order valence-corrected chi connectivity index (χ3v) is 3.52. The van der Waals surface area contributed by atoms with E-state index in [0.717, 1.165) is 6.42 Å². The van der Waals surface area contributed by atoms with E-state index in [4.69, 9.17) is 4.74 Å². The molecule has 104 valence electrons. The van der Waals surface area contributed by atoms with Crippen LogP contribution in [0.25, 0.3) is 0 Å². The van der Waals surface area contributed by atoms with E-state index in [-0.39, 0.29) is 35.7 Å². The highest BCUT2D eigenvalue weighted by molar-refractivity contribution is 6.13. The largest absolute Gasteiger partial charge is 0.465 e. The predicted molar refractivity (Wildman–Crippen MR) is 67.9 cm³/mol. The van der Waals surface area contributed by atoms with Crippen LogP contribution >= 0.6 is 0 Å². The molecule has 2 atom stereocenters. The van der Waals surface area contributed by atoms with Gasteiger partial charge in [0.25, 0.3) is 11.8 Å². The molecule has 5 nitrogen and oxygen atoms in total. The number of carbonyl (C=O) groups is 3. The van der Waals surface area contributed by atoms with Crippen LogP contribution in [0.15, 0.2) is 12.2 Å². The molecule has 1 aliphatic carbocycles. The highest BCUT2D eigenvalue weighted by Gasteiger charge is 2.43. The topological polar surface area (TPSA) is 63.7 Å². The fourth-order valence-electron chi connectivity index (χ4n) is 2.62. The van der Waals surface area contributed by atoms with Crippen molar-refractivity contribution in [3.63, 3.8) is 0 Å². The molecule has 19 heavy (non-hydrogen) atoms. The Labute approximate surface area is 112 Å². The van der Waals surface area contributed by atoms with Gasteiger partial charge in [0.2, 0.25) is 0 Å². The van der Waals surface area contributed by atoms with Crippen LogP contribution in [0.2, 0.25) is 0 Å². The second kappa shape index (κ2) is 5.55. The molecule has 1 heterocycles. The summed E-state index contributed by atoms with van der Waals surface area (Å²) in [5.74, 6) is -1.02. The van der Waals surface area contributed by atoms with Crippen molar-refractivity contribution in [2.24, 2.45) is 11.8 Å². The summed E-state index contributed by atoms with van der Waals surface area (Å²) in [6.45, 7) is 4.32. The highest BCUT2D eigenvalue weighted by atomic mass is 16.5. The summed E-state index contributed by atoms with van der Waals surface area (Å²) < 4.78 is 5.24. The minimum absolute atomic E-state index is 0.278. The van der Waals surface area contributed by atoms with Crippen LogP contribution < -0.4 is 0 Å². The number of hydrogen-bond acceptors (Lipinski definition) is 4. The van der Waals surface area contributed by atoms with Crippen molar-refractivity contribution in [2.75, 3.05) is 6.61 Å². The van der Waals surface area contributed by atoms with Crippen LogP contribution in [0.4, 0.5) is 0 Å². The lowest BCUT2D eigenvalue weighted by molar-refractivity contribution is -0.153. The molecule has 0 radical (unpaired) electrons. The molecule has 0 bridgehead atoms. The molecule has 2 amide bonds. The maximum Gasteiger partial charge on any atom is 0.311 e. The summed E-state index contributed by atoms with van der Waals surface area (Å²) in [5, 5.41) is 0. The Hall–Kier alpha value is -1.65. The quantitative estimate of drug-likeness (QED) is 0.567. The molecule has 5 heteroatoms. The van der Waals surface area contributed by atoms with Gasteiger partial charge in [-0.3, -0.25) is 19.3 Å². The Balaban J connectivity index is 2.03. The van der Waals surface area contributed by atoms with Gasteiger partial charge in [0, 0.05) is 12.2 Å². The standard InChI is InChI=1S/C14H19NO4/c1-9(2)8-19-14(18)10-4-3-5-11(10)15-12(16)6-7-13(15)17/h6-7,9-11H,3-5,8H2,1-2H3/t10-,11-/m0/s1. The molecule has 1 aliphatic heterocycles. The lowest BCUT2D eigenvalue weighted by atomic mass is 10.0. The number of amides is 2. The zero-order valence-electron chi connectivity index (χ0n) is 11.3. The van der Waals surface area contributed by atoms with E-state index in [1.807, 2.05) is 13.8 Å². The van der Waals surface area contributed by atoms with Gasteiger partial charge in [0.05, 0.1) is 18.6 Å². The first kappa shape index (κ1) is 13.8. The molecule has 0 spiro atoms. The maximum atomic E-state index is 12.0. The Kier molecular flexibility index (Phi) is 4.02. The maximum absolute atomic E-state index is 12.0. The second-order valence-corrected chi connectivity index (χ2v) is 5.51. The van der Waals surface area contributed by atoms with Crippen molar-refractivity contribution < 1.29 is 19.1 Å². The van der Waals surface area contributed by atoms with Crippen LogP contribution in [-0.4, -0.2) is 35.3 Å². The molecule has 0 aromatic carbocycles. The number of ether oxygens (including phenoxy) is 1. The number of imide groups is 1. The van der Waals surface area contributed by atoms with E-state index >= 15 is 0 Å². The second-order valence-electron chi connectivity index (χ2n) is 5.51. The van der Waals surface area contributed by atoms with Gasteiger partial charge in [0.15, 0.2) is 0 Å². The van der Waals surface area contributed by atoms with Crippen LogP contribution in [-0.2, 0) is 19.1 Å². The third-order valence-electron chi connectivity index (χ3n) is 3.52. The summed E-state index contributed by atoms with van der Waals surface area (Å²) in [6.07, 6.45) is 4.72. The van der Waals surface area contributed by atoms with Crippen molar-refractivity contribution >= 4 is 17.8 Å². The van der Waals surface area contributed by atoms with Crippen LogP contribution in [0, 0.1) is 11.8 Å². The number of hydrogen-bond donors (Lipinski definition) is 0. The van der Waals surface area contributed by atoms with E-state index in [0.29, 0.717) is 19.4 Å². The van der Waals surface area contributed by atoms with Gasteiger partial charge in [-0.05, 0) is 18.8 Å². The lowest BCUT2D eigenvalue weighted by Crippen LogP contribution is -2.44. The third kappa shape index (κ3) is 2.85. The van der Waals surface area contributed by atoms with E-state index in [2.05, 4.69) is 0 Å². The zero-order chi connectivity index (χ0) is 14.0. The van der Waals surface area contributed by atoms with Gasteiger partial charge >= 0.3 is 5.97 Å². The summed E-state index contributed by atoms with van der Waals surface area (Å²) in [5.41, 5.74) is 0. The highest BCUT2D eigenvalue weighted by Crippen LogP contribution is 2.32. The first-order chi connectivity index (χ1) is 9.00. The van der Waals surface area contributed by atoms with E-state index in [9.17, 15) is 14.4 Å². The van der Waals surface area contributed by atoms with Gasteiger partial charge in [-0.2, -0.15) is 0 Å². The first-order valence-electron chi connectivity index (χ1n) is 6.72. The Morgan fingerprint density at radius 1 is 1.32 bits per heavy atom. The van der Waals surface area contributed by atoms with Crippen LogP contribution in [0.1, 0.15) is 33.1 Å². The summed E-state index contributed by atoms with van der Waals surface area (Å²) in [6, 6.07) is -0.338. The molecule has 0 unspecified atom stereocenters. The van der Waals surface area contributed by atoms with Crippen LogP contribution in [0.3, 0.4) is 0 Å². The van der Waals surface area contributed by atoms with Gasteiger partial charge in [-0.1, -0.05) is 20.3 Å². The lowest BCUT2D eigenvalue weighted by Gasteiger charge is -2.26. The minimum Gasteiger partial charge on any atom is -0.465 e. The molecular formula is C14H19NO4. The molecule has 1 saturated carbocycles. The van der Waals surface area contributed by atoms with Crippen molar-refractivity contribution in [1.29, 1.82) is 0 Å². The predicted octanol–water partition coefficient (Wildman–Crippen LogP) is 1.28. The fraction of sp³-hybridized carbons (Fsp3) is 0.643. The SMILES string of the molecule is CC(C)COC(=O)[C@H]1CCC[C@@H]1N1C(=O)C=CC1=O. The molecule has 1 fully saturated rings. The van der Waals surface area contributed by atoms with Crippen molar-refractivity contribution in [1.82, 2.24) is 4.90 Å². The van der Waals surface area contributed by atoms with Crippen molar-refractivity contribution in [2.45, 2.75) is 39.2 Å². The molecule has 0 aromatic heterocycles. The number of rotatable bonds is 4. The molecule has 0 saturated heterocycles. The summed E-state index contributed by atoms with van der Waals surface area (Å²) >= 11 is 0. The number of nitrogens with zero attached hydrogens (tertiary/aromatic N) is 1. The minimum atomic E-state index is -0.369. The monoisotopic (exact) mass is 265 g/mol. The molecule has 2 aliphatic rings. The zero-order valence-corrected chi connectivity index (χ0v) is 11.3. The average molecular weight is 265 g/mol. The van der Waals surface area contributed by atoms with Crippen LogP contribution in [0.5, 0.6) is 0 Å². The van der Waals surface area contributed by atoms with Gasteiger partial charge in [-0.15, -0.1) is 0 Å². The van der Waals surface area contributed by atoms with Crippen molar-refractivity contribution in [3.05, 3.63) is 12.2 Å². The Bertz CT molecular complexity index is 409. The van der Waals surface area contributed by atoms with E-state index in [1.54, 1.807) is 0 Å². The van der Waals surface area contributed by atoms with E-state index < -0.39 is 0 Å². The van der Waals surface area contributed by atoms with Gasteiger partial charge < -0.3 is 4.74 Å². The molecular weight excluding hydrogens is 246 g/mol. The average Bonchev–Trinajstić information content (AvgIpc) is 2.93.